The van der Waals surface area contributed by atoms with E-state index in [-0.39, 0.29) is 11.6 Å². The fourth-order valence-corrected chi connectivity index (χ4v) is 4.02. The van der Waals surface area contributed by atoms with Crippen molar-refractivity contribution in [3.8, 4) is 0 Å². The van der Waals surface area contributed by atoms with E-state index in [1.54, 1.807) is 12.4 Å². The van der Waals surface area contributed by atoms with Gasteiger partial charge in [-0.1, -0.05) is 6.07 Å². The summed E-state index contributed by atoms with van der Waals surface area (Å²) in [4.78, 5) is 15.6. The lowest BCUT2D eigenvalue weighted by Gasteiger charge is -2.39. The van der Waals surface area contributed by atoms with Gasteiger partial charge in [0.2, 0.25) is 5.95 Å². The first-order valence-corrected chi connectivity index (χ1v) is 9.03. The van der Waals surface area contributed by atoms with Crippen molar-refractivity contribution in [3.63, 3.8) is 0 Å². The number of hydrogen-bond acceptors (Lipinski definition) is 6. The fourth-order valence-electron chi connectivity index (χ4n) is 4.02. The van der Waals surface area contributed by atoms with Crippen molar-refractivity contribution in [2.24, 2.45) is 0 Å². The summed E-state index contributed by atoms with van der Waals surface area (Å²) in [5.41, 5.74) is 2.17. The second kappa shape index (κ2) is 7.06. The van der Waals surface area contributed by atoms with Gasteiger partial charge in [-0.2, -0.15) is 0 Å². The molecule has 2 saturated heterocycles. The van der Waals surface area contributed by atoms with E-state index in [4.69, 9.17) is 4.74 Å². The average molecular weight is 339 g/mol. The van der Waals surface area contributed by atoms with E-state index >= 15 is 0 Å². The van der Waals surface area contributed by atoms with Crippen molar-refractivity contribution in [2.75, 3.05) is 25.0 Å². The van der Waals surface area contributed by atoms with E-state index in [1.165, 1.54) is 6.42 Å². The third-order valence-electron chi connectivity index (χ3n) is 5.06. The van der Waals surface area contributed by atoms with Crippen molar-refractivity contribution in [1.29, 1.82) is 0 Å². The van der Waals surface area contributed by atoms with E-state index in [0.717, 1.165) is 50.5 Å². The maximum atomic E-state index is 6.28. The lowest BCUT2D eigenvalue weighted by molar-refractivity contribution is -0.0535. The number of pyridine rings is 1. The SMILES string of the molecule is Cc1cccc(CN2CCC[C@@]3(C[C@H](Nc4ncccn4)CO3)C2)n1. The molecule has 2 aromatic rings. The Balaban J connectivity index is 1.37. The standard InChI is InChI=1S/C19H25N5O/c1-15-5-2-6-16(22-15)12-24-10-3-7-19(14-24)11-17(13-25-19)23-18-20-8-4-9-21-18/h2,4-6,8-9,17H,3,7,10-14H2,1H3,(H,20,21,23)/t17-,19+/m0/s1. The van der Waals surface area contributed by atoms with Gasteiger partial charge in [-0.25, -0.2) is 9.97 Å². The molecular weight excluding hydrogens is 314 g/mol. The zero-order valence-corrected chi connectivity index (χ0v) is 14.7. The highest BCUT2D eigenvalue weighted by molar-refractivity contribution is 5.25. The van der Waals surface area contributed by atoms with Gasteiger partial charge >= 0.3 is 0 Å². The molecule has 0 aliphatic carbocycles. The second-order valence-corrected chi connectivity index (χ2v) is 7.20. The van der Waals surface area contributed by atoms with Gasteiger partial charge in [0.1, 0.15) is 0 Å². The van der Waals surface area contributed by atoms with Crippen molar-refractivity contribution in [3.05, 3.63) is 48.0 Å². The molecule has 2 fully saturated rings. The molecule has 2 aromatic heterocycles. The largest absolute Gasteiger partial charge is 0.371 e. The molecular formula is C19H25N5O. The third-order valence-corrected chi connectivity index (χ3v) is 5.06. The smallest absolute Gasteiger partial charge is 0.222 e. The molecule has 4 rings (SSSR count). The van der Waals surface area contributed by atoms with Gasteiger partial charge in [0.25, 0.3) is 0 Å². The van der Waals surface area contributed by atoms with Gasteiger partial charge in [0, 0.05) is 37.6 Å². The number of likely N-dealkylation sites (tertiary alicyclic amines) is 1. The van der Waals surface area contributed by atoms with Gasteiger partial charge in [-0.05, 0) is 44.5 Å². The van der Waals surface area contributed by atoms with E-state index in [0.29, 0.717) is 5.95 Å². The maximum absolute atomic E-state index is 6.28. The van der Waals surface area contributed by atoms with Gasteiger partial charge < -0.3 is 10.1 Å². The molecule has 6 nitrogen and oxygen atoms in total. The Kier molecular flexibility index (Phi) is 4.63. The highest BCUT2D eigenvalue weighted by Gasteiger charge is 2.43. The minimum absolute atomic E-state index is 0.0471. The molecule has 2 aliphatic heterocycles. The molecule has 1 spiro atoms. The highest BCUT2D eigenvalue weighted by Crippen LogP contribution is 2.35. The van der Waals surface area contributed by atoms with Crippen LogP contribution in [0.15, 0.2) is 36.7 Å². The molecule has 6 heteroatoms. The summed E-state index contributed by atoms with van der Waals surface area (Å²) >= 11 is 0. The molecule has 0 radical (unpaired) electrons. The summed E-state index contributed by atoms with van der Waals surface area (Å²) in [6, 6.07) is 8.35. The number of aromatic nitrogens is 3. The minimum atomic E-state index is -0.0471. The van der Waals surface area contributed by atoms with Crippen LogP contribution in [-0.2, 0) is 11.3 Å². The molecule has 25 heavy (non-hydrogen) atoms. The first-order chi connectivity index (χ1) is 12.2. The lowest BCUT2D eigenvalue weighted by Crippen LogP contribution is -2.47. The van der Waals surface area contributed by atoms with Crippen LogP contribution in [0.1, 0.15) is 30.7 Å². The van der Waals surface area contributed by atoms with Crippen molar-refractivity contribution >= 4 is 5.95 Å². The molecule has 2 atom stereocenters. The number of nitrogens with one attached hydrogen (secondary N) is 1. The Bertz CT molecular complexity index is 710. The van der Waals surface area contributed by atoms with Crippen LogP contribution < -0.4 is 5.32 Å². The zero-order chi connectivity index (χ0) is 17.1. The molecule has 0 saturated carbocycles. The van der Waals surface area contributed by atoms with E-state index in [2.05, 4.69) is 37.3 Å². The summed E-state index contributed by atoms with van der Waals surface area (Å²) in [6.07, 6.45) is 6.82. The number of piperidine rings is 1. The summed E-state index contributed by atoms with van der Waals surface area (Å²) in [7, 11) is 0. The van der Waals surface area contributed by atoms with Crippen LogP contribution in [0.25, 0.3) is 0 Å². The Morgan fingerprint density at radius 2 is 2.16 bits per heavy atom. The Labute approximate surface area is 148 Å². The van der Waals surface area contributed by atoms with Crippen molar-refractivity contribution in [2.45, 2.75) is 44.4 Å². The third kappa shape index (κ3) is 3.96. The van der Waals surface area contributed by atoms with Gasteiger partial charge in [-0.15, -0.1) is 0 Å². The first kappa shape index (κ1) is 16.4. The van der Waals surface area contributed by atoms with Crippen molar-refractivity contribution in [1.82, 2.24) is 19.9 Å². The van der Waals surface area contributed by atoms with Gasteiger partial charge in [0.05, 0.1) is 23.9 Å². The van der Waals surface area contributed by atoms with Gasteiger partial charge in [0.15, 0.2) is 0 Å². The summed E-state index contributed by atoms with van der Waals surface area (Å²) in [5, 5.41) is 3.41. The highest BCUT2D eigenvalue weighted by atomic mass is 16.5. The van der Waals surface area contributed by atoms with E-state index in [9.17, 15) is 0 Å². The van der Waals surface area contributed by atoms with Crippen LogP contribution in [0.4, 0.5) is 5.95 Å². The summed E-state index contributed by atoms with van der Waals surface area (Å²) in [6.45, 7) is 5.74. The molecule has 1 N–H and O–H groups in total. The molecule has 2 aliphatic rings. The molecule has 132 valence electrons. The lowest BCUT2D eigenvalue weighted by atomic mass is 9.88. The second-order valence-electron chi connectivity index (χ2n) is 7.20. The molecule has 0 aromatic carbocycles. The number of nitrogens with zero attached hydrogens (tertiary/aromatic N) is 4. The topological polar surface area (TPSA) is 63.2 Å². The van der Waals surface area contributed by atoms with Crippen LogP contribution in [0.3, 0.4) is 0 Å². The predicted octanol–water partition coefficient (Wildman–Crippen LogP) is 2.42. The predicted molar refractivity (Wildman–Crippen MR) is 96.2 cm³/mol. The number of hydrogen-bond donors (Lipinski definition) is 1. The number of ether oxygens (including phenoxy) is 1. The number of rotatable bonds is 4. The van der Waals surface area contributed by atoms with Crippen LogP contribution in [0, 0.1) is 6.92 Å². The maximum Gasteiger partial charge on any atom is 0.222 e. The average Bonchev–Trinajstić information content (AvgIpc) is 2.97. The molecule has 4 heterocycles. The Morgan fingerprint density at radius 1 is 1.28 bits per heavy atom. The van der Waals surface area contributed by atoms with Crippen LogP contribution in [-0.4, -0.2) is 51.2 Å². The monoisotopic (exact) mass is 339 g/mol. The van der Waals surface area contributed by atoms with Crippen LogP contribution >= 0.6 is 0 Å². The van der Waals surface area contributed by atoms with E-state index < -0.39 is 0 Å². The molecule has 0 unspecified atom stereocenters. The minimum Gasteiger partial charge on any atom is -0.371 e. The number of aryl methyl sites for hydroxylation is 1. The normalized spacial score (nSPS) is 26.8. The first-order valence-electron chi connectivity index (χ1n) is 9.03. The summed E-state index contributed by atoms with van der Waals surface area (Å²) < 4.78 is 6.28. The zero-order valence-electron chi connectivity index (χ0n) is 14.7. The fraction of sp³-hybridized carbons (Fsp3) is 0.526. The quantitative estimate of drug-likeness (QED) is 0.923. The Hall–Kier alpha value is -2.05. The molecule has 0 bridgehead atoms. The molecule has 0 amide bonds. The Morgan fingerprint density at radius 3 is 3.00 bits per heavy atom. The van der Waals surface area contributed by atoms with Crippen LogP contribution in [0.2, 0.25) is 0 Å². The summed E-state index contributed by atoms with van der Waals surface area (Å²) in [5.74, 6) is 0.685. The van der Waals surface area contributed by atoms with E-state index in [1.807, 2.05) is 19.1 Å². The number of anilines is 1. The van der Waals surface area contributed by atoms with Crippen molar-refractivity contribution < 1.29 is 4.74 Å². The van der Waals surface area contributed by atoms with Gasteiger partial charge in [-0.3, -0.25) is 9.88 Å². The van der Waals surface area contributed by atoms with Crippen LogP contribution in [0.5, 0.6) is 0 Å².